The van der Waals surface area contributed by atoms with E-state index in [1.54, 1.807) is 39.0 Å². The molecule has 0 aromatic heterocycles. The molecular weight excluding hydrogens is 625 g/mol. The number of halogens is 1. The molecule has 4 aliphatic rings. The second kappa shape index (κ2) is 12.4. The Kier molecular flexibility index (Phi) is 9.40. The van der Waals surface area contributed by atoms with Gasteiger partial charge < -0.3 is 34.7 Å². The summed E-state index contributed by atoms with van der Waals surface area (Å²) in [6.45, 7) is 17.4. The van der Waals surface area contributed by atoms with Gasteiger partial charge in [-0.15, -0.1) is 6.58 Å². The monoisotopic (exact) mass is 673 g/mol. The number of rotatable bonds is 7. The normalized spacial score (nSPS) is 37.2. The van der Waals surface area contributed by atoms with Crippen molar-refractivity contribution < 1.29 is 43.7 Å². The summed E-state index contributed by atoms with van der Waals surface area (Å²) in [5.74, 6) is -2.37. The van der Waals surface area contributed by atoms with E-state index in [1.807, 2.05) is 20.8 Å². The highest BCUT2D eigenvalue weighted by Crippen LogP contribution is 2.69. The molecule has 0 radical (unpaired) electrons. The zero-order chi connectivity index (χ0) is 34.9. The first-order valence-corrected chi connectivity index (χ1v) is 17.0. The average Bonchev–Trinajstić information content (AvgIpc) is 3.51. The summed E-state index contributed by atoms with van der Waals surface area (Å²) in [6.07, 6.45) is 0.942. The fourth-order valence-electron chi connectivity index (χ4n) is 9.51. The summed E-state index contributed by atoms with van der Waals surface area (Å²) >= 11 is 6.83. The quantitative estimate of drug-likeness (QED) is 0.230. The number of carbonyl (C=O) groups excluding carboxylic acids is 2. The third-order valence-corrected chi connectivity index (χ3v) is 12.6. The topological polar surface area (TPSA) is 152 Å². The second-order valence-corrected chi connectivity index (χ2v) is 16.2. The van der Waals surface area contributed by atoms with Crippen LogP contribution in [0.1, 0.15) is 92.2 Å². The number of hydrogen-bond acceptors (Lipinski definition) is 8. The van der Waals surface area contributed by atoms with Gasteiger partial charge in [-0.3, -0.25) is 4.79 Å². The number of aliphatic hydroxyl groups is 1. The number of amides is 1. The van der Waals surface area contributed by atoms with Gasteiger partial charge >= 0.3 is 19.2 Å². The van der Waals surface area contributed by atoms with Gasteiger partial charge in [0.15, 0.2) is 6.10 Å². The minimum atomic E-state index is -1.44. The van der Waals surface area contributed by atoms with E-state index in [4.69, 9.17) is 25.7 Å². The highest BCUT2D eigenvalue weighted by atomic mass is 35.5. The van der Waals surface area contributed by atoms with Gasteiger partial charge in [-0.1, -0.05) is 51.4 Å². The Morgan fingerprint density at radius 2 is 1.94 bits per heavy atom. The summed E-state index contributed by atoms with van der Waals surface area (Å²) in [7, 11) is -1.44. The molecule has 1 aromatic rings. The zero-order valence-electron chi connectivity index (χ0n) is 28.5. The van der Waals surface area contributed by atoms with Crippen LogP contribution < -0.4 is 15.5 Å². The maximum atomic E-state index is 13.8. The van der Waals surface area contributed by atoms with Gasteiger partial charge in [0.05, 0.1) is 17.2 Å². The van der Waals surface area contributed by atoms with Crippen LogP contribution in [0.25, 0.3) is 0 Å². The van der Waals surface area contributed by atoms with Crippen molar-refractivity contribution in [1.29, 1.82) is 0 Å². The van der Waals surface area contributed by atoms with Crippen LogP contribution in [0.4, 0.5) is 4.79 Å². The molecule has 2 unspecified atom stereocenters. The molecular formula is C35H49BClNO9. The Balaban J connectivity index is 1.52. The van der Waals surface area contributed by atoms with Gasteiger partial charge in [0.1, 0.15) is 17.1 Å². The van der Waals surface area contributed by atoms with E-state index < -0.39 is 71.2 Å². The molecule has 3 saturated carbocycles. The zero-order valence-corrected chi connectivity index (χ0v) is 29.2. The number of nitrogens with one attached hydrogen (secondary N) is 1. The minimum Gasteiger partial charge on any atom is -0.478 e. The Labute approximate surface area is 282 Å². The number of carboxylic acid groups (broad SMARTS) is 1. The fraction of sp³-hybridized carbons (Fsp3) is 0.686. The number of aliphatic carboxylic acids is 1. The Bertz CT molecular complexity index is 1450. The number of Topliss-reactive ketones (excluding diaryl/α,β-unsaturated/α-hetero) is 1. The molecule has 12 heteroatoms. The first kappa shape index (κ1) is 35.7. The highest BCUT2D eigenvalue weighted by Gasteiger charge is 2.69. The van der Waals surface area contributed by atoms with Gasteiger partial charge in [0.25, 0.3) is 0 Å². The van der Waals surface area contributed by atoms with E-state index in [0.717, 1.165) is 12.8 Å². The Morgan fingerprint density at radius 3 is 2.55 bits per heavy atom. The summed E-state index contributed by atoms with van der Waals surface area (Å²) in [6, 6.07) is 3.18. The van der Waals surface area contributed by atoms with Crippen molar-refractivity contribution in [1.82, 2.24) is 5.32 Å². The van der Waals surface area contributed by atoms with Crippen molar-refractivity contribution in [2.45, 2.75) is 104 Å². The summed E-state index contributed by atoms with van der Waals surface area (Å²) < 4.78 is 17.4. The van der Waals surface area contributed by atoms with Crippen molar-refractivity contribution in [2.24, 2.45) is 39.9 Å². The Hall–Kier alpha value is -2.60. The van der Waals surface area contributed by atoms with Crippen LogP contribution in [0.15, 0.2) is 24.8 Å². The smallest absolute Gasteiger partial charge is 0.478 e. The van der Waals surface area contributed by atoms with Crippen LogP contribution in [0.3, 0.4) is 0 Å². The van der Waals surface area contributed by atoms with E-state index in [2.05, 4.69) is 18.8 Å². The van der Waals surface area contributed by atoms with Crippen molar-refractivity contribution in [2.75, 3.05) is 6.54 Å². The molecule has 10 atom stereocenters. The van der Waals surface area contributed by atoms with Gasteiger partial charge in [-0.05, 0) is 80.8 Å². The minimum absolute atomic E-state index is 0.000127. The van der Waals surface area contributed by atoms with Gasteiger partial charge in [0.2, 0.25) is 0 Å². The lowest BCUT2D eigenvalue weighted by Gasteiger charge is -2.63. The van der Waals surface area contributed by atoms with Crippen molar-refractivity contribution in [3.05, 3.63) is 35.4 Å². The Morgan fingerprint density at radius 1 is 1.26 bits per heavy atom. The van der Waals surface area contributed by atoms with E-state index >= 15 is 0 Å². The SMILES string of the molecule is C=C[C@]1(C)C[C@@H](C(Oc2ccc3c(c2Cl)B(O)OC3CNC(=O)OC(C)(C)C)C(=O)O)[C@@]2(C)[C@H](C)CC[C@]3(CCC(=O)[C@H]32)[C@@H](C)[C@@H]1O. The molecule has 2 bridgehead atoms. The number of ketones is 1. The number of alkyl carbamates (subject to hydrolysis) is 1. The van der Waals surface area contributed by atoms with Crippen LogP contribution in [-0.2, 0) is 19.0 Å². The number of aliphatic hydroxyl groups excluding tert-OH is 1. The molecule has 4 N–H and O–H groups in total. The molecule has 1 aliphatic heterocycles. The van der Waals surface area contributed by atoms with E-state index in [1.165, 1.54) is 0 Å². The summed E-state index contributed by atoms with van der Waals surface area (Å²) in [4.78, 5) is 39.3. The standard InChI is InChI=1S/C35H49BClNO9/c1-9-33(7)16-21(34(8)18(2)12-14-35(19(3)29(33)40)15-13-22(39)28(34)35)27(30(41)42)45-23-11-10-20-24(47-36(44)25(20)26(23)37)17-38-31(43)46-32(4,5)6/h9-11,18-19,21,24,27-29,40,44H,1,12-17H2,2-8H3,(H,38,43)(H,41,42)/t18-,19+,21+,24?,27?,28+,29+,33-,34-,35+/m1/s1. The molecule has 3 aliphatic carbocycles. The third-order valence-electron chi connectivity index (χ3n) is 12.2. The van der Waals surface area contributed by atoms with E-state index in [0.29, 0.717) is 18.4 Å². The number of hydrogen-bond donors (Lipinski definition) is 4. The summed E-state index contributed by atoms with van der Waals surface area (Å²) in [5, 5.41) is 36.2. The molecule has 3 fully saturated rings. The first-order chi connectivity index (χ1) is 21.8. The third kappa shape index (κ3) is 5.89. The lowest BCUT2D eigenvalue weighted by atomic mass is 9.41. The largest absolute Gasteiger partial charge is 0.493 e. The van der Waals surface area contributed by atoms with Crippen molar-refractivity contribution in [3.63, 3.8) is 0 Å². The number of fused-ring (bicyclic) bond motifs is 1. The maximum absolute atomic E-state index is 13.8. The molecule has 47 heavy (non-hydrogen) atoms. The van der Waals surface area contributed by atoms with Crippen LogP contribution in [0.5, 0.6) is 5.75 Å². The first-order valence-electron chi connectivity index (χ1n) is 16.7. The van der Waals surface area contributed by atoms with Gasteiger partial charge in [-0.25, -0.2) is 9.59 Å². The highest BCUT2D eigenvalue weighted by molar-refractivity contribution is 6.65. The van der Waals surface area contributed by atoms with E-state index in [-0.39, 0.29) is 46.8 Å². The predicted molar refractivity (Wildman–Crippen MR) is 177 cm³/mol. The van der Waals surface area contributed by atoms with Crippen LogP contribution >= 0.6 is 11.6 Å². The number of ether oxygens (including phenoxy) is 2. The maximum Gasteiger partial charge on any atom is 0.493 e. The summed E-state index contributed by atoms with van der Waals surface area (Å²) in [5.41, 5.74) is -2.03. The van der Waals surface area contributed by atoms with Crippen LogP contribution in [-0.4, -0.2) is 64.6 Å². The molecule has 5 rings (SSSR count). The molecule has 1 aromatic carbocycles. The van der Waals surface area contributed by atoms with Gasteiger partial charge in [-0.2, -0.15) is 0 Å². The van der Waals surface area contributed by atoms with Crippen LogP contribution in [0, 0.1) is 39.9 Å². The molecule has 0 spiro atoms. The van der Waals surface area contributed by atoms with Crippen molar-refractivity contribution >= 4 is 42.0 Å². The van der Waals surface area contributed by atoms with E-state index in [9.17, 15) is 29.6 Å². The molecule has 258 valence electrons. The average molecular weight is 674 g/mol. The van der Waals surface area contributed by atoms with Gasteiger partial charge in [0, 0.05) is 35.7 Å². The molecule has 1 amide bonds. The lowest BCUT2D eigenvalue weighted by Crippen LogP contribution is -2.63. The van der Waals surface area contributed by atoms with Crippen LogP contribution in [0.2, 0.25) is 5.02 Å². The fourth-order valence-corrected chi connectivity index (χ4v) is 9.82. The predicted octanol–water partition coefficient (Wildman–Crippen LogP) is 5.07. The number of carboxylic acids is 1. The molecule has 10 nitrogen and oxygen atoms in total. The molecule has 1 heterocycles. The second-order valence-electron chi connectivity index (χ2n) is 15.8. The number of carbonyl (C=O) groups is 3. The van der Waals surface area contributed by atoms with Crippen molar-refractivity contribution in [3.8, 4) is 5.75 Å². The lowest BCUT2D eigenvalue weighted by molar-refractivity contribution is -0.193. The molecule has 0 saturated heterocycles. The number of benzene rings is 1.